The molecule has 164 valence electrons. The first kappa shape index (κ1) is 21.6. The Kier molecular flexibility index (Phi) is 6.23. The summed E-state index contributed by atoms with van der Waals surface area (Å²) in [4.78, 5) is 13.2. The van der Waals surface area contributed by atoms with Crippen LogP contribution in [0.4, 0.5) is 0 Å². The smallest absolute Gasteiger partial charge is 0.200 e. The SMILES string of the molecule is COc1cc(OC)c(-c2coc3cc(OCc4ccccc4Cl)ccc3c2=O)cc1OC. The van der Waals surface area contributed by atoms with Crippen LogP contribution in [0.1, 0.15) is 5.56 Å². The van der Waals surface area contributed by atoms with E-state index in [1.807, 2.05) is 24.3 Å². The first-order chi connectivity index (χ1) is 15.5. The van der Waals surface area contributed by atoms with Gasteiger partial charge in [-0.1, -0.05) is 29.8 Å². The third-order valence-electron chi connectivity index (χ3n) is 5.09. The quantitative estimate of drug-likeness (QED) is 0.357. The van der Waals surface area contributed by atoms with Crippen molar-refractivity contribution in [3.63, 3.8) is 0 Å². The number of fused-ring (bicyclic) bond motifs is 1. The van der Waals surface area contributed by atoms with Gasteiger partial charge in [0.1, 0.15) is 30.0 Å². The Hall–Kier alpha value is -3.64. The van der Waals surface area contributed by atoms with Crippen molar-refractivity contribution in [3.8, 4) is 34.1 Å². The van der Waals surface area contributed by atoms with Gasteiger partial charge in [-0.25, -0.2) is 0 Å². The van der Waals surface area contributed by atoms with E-state index in [-0.39, 0.29) is 5.43 Å². The summed E-state index contributed by atoms with van der Waals surface area (Å²) in [5, 5.41) is 1.05. The summed E-state index contributed by atoms with van der Waals surface area (Å²) >= 11 is 6.18. The minimum atomic E-state index is -0.200. The number of hydrogen-bond donors (Lipinski definition) is 0. The Morgan fingerprint density at radius 2 is 1.56 bits per heavy atom. The van der Waals surface area contributed by atoms with Crippen molar-refractivity contribution in [1.29, 1.82) is 0 Å². The second kappa shape index (κ2) is 9.24. The molecule has 1 heterocycles. The fourth-order valence-corrected chi connectivity index (χ4v) is 3.59. The molecule has 0 unspecified atom stereocenters. The maximum Gasteiger partial charge on any atom is 0.200 e. The van der Waals surface area contributed by atoms with Crippen LogP contribution in [0, 0.1) is 0 Å². The van der Waals surface area contributed by atoms with Gasteiger partial charge < -0.3 is 23.4 Å². The molecule has 0 saturated heterocycles. The summed E-state index contributed by atoms with van der Waals surface area (Å²) in [5.41, 5.74) is 1.97. The number of benzene rings is 3. The fraction of sp³-hybridized carbons (Fsp3) is 0.160. The van der Waals surface area contributed by atoms with Gasteiger partial charge in [0, 0.05) is 28.3 Å². The minimum absolute atomic E-state index is 0.200. The predicted octanol–water partition coefficient (Wildman–Crippen LogP) is 5.72. The molecule has 0 amide bonds. The molecule has 0 fully saturated rings. The van der Waals surface area contributed by atoms with E-state index in [2.05, 4.69) is 0 Å². The Morgan fingerprint density at radius 3 is 2.28 bits per heavy atom. The standard InChI is InChI=1S/C25H21ClO6/c1-28-21-12-24(30-3)23(29-2)11-18(21)19-14-32-22-10-16(8-9-17(22)25(19)27)31-13-15-6-4-5-7-20(15)26/h4-12,14H,13H2,1-3H3. The average molecular weight is 453 g/mol. The summed E-state index contributed by atoms with van der Waals surface area (Å²) in [6.45, 7) is 0.302. The van der Waals surface area contributed by atoms with Gasteiger partial charge in [-0.3, -0.25) is 4.79 Å². The highest BCUT2D eigenvalue weighted by Crippen LogP contribution is 2.39. The highest BCUT2D eigenvalue weighted by atomic mass is 35.5. The van der Waals surface area contributed by atoms with Crippen LogP contribution >= 0.6 is 11.6 Å². The Balaban J connectivity index is 1.70. The molecule has 3 aromatic carbocycles. The number of ether oxygens (including phenoxy) is 4. The van der Waals surface area contributed by atoms with Gasteiger partial charge in [-0.2, -0.15) is 0 Å². The van der Waals surface area contributed by atoms with Gasteiger partial charge in [-0.05, 0) is 24.3 Å². The molecule has 0 aliphatic heterocycles. The zero-order valence-corrected chi connectivity index (χ0v) is 18.6. The van der Waals surface area contributed by atoms with Gasteiger partial charge in [0.15, 0.2) is 11.5 Å². The van der Waals surface area contributed by atoms with Crippen LogP contribution in [-0.2, 0) is 6.61 Å². The molecule has 0 radical (unpaired) electrons. The molecule has 4 aromatic rings. The van der Waals surface area contributed by atoms with E-state index in [1.54, 1.807) is 30.3 Å². The molecule has 32 heavy (non-hydrogen) atoms. The lowest BCUT2D eigenvalue weighted by Gasteiger charge is -2.14. The number of hydrogen-bond acceptors (Lipinski definition) is 6. The van der Waals surface area contributed by atoms with E-state index < -0.39 is 0 Å². The fourth-order valence-electron chi connectivity index (χ4n) is 3.40. The van der Waals surface area contributed by atoms with E-state index >= 15 is 0 Å². The van der Waals surface area contributed by atoms with Gasteiger partial charge in [-0.15, -0.1) is 0 Å². The summed E-state index contributed by atoms with van der Waals surface area (Å²) in [5.74, 6) is 2.01. The van der Waals surface area contributed by atoms with Crippen molar-refractivity contribution in [1.82, 2.24) is 0 Å². The van der Waals surface area contributed by atoms with E-state index in [9.17, 15) is 4.79 Å². The molecule has 0 aliphatic carbocycles. The molecular weight excluding hydrogens is 432 g/mol. The lowest BCUT2D eigenvalue weighted by atomic mass is 10.0. The van der Waals surface area contributed by atoms with E-state index in [0.29, 0.717) is 56.7 Å². The number of methoxy groups -OCH3 is 3. The monoisotopic (exact) mass is 452 g/mol. The topological polar surface area (TPSA) is 67.1 Å². The second-order valence-electron chi connectivity index (χ2n) is 6.92. The molecule has 0 bridgehead atoms. The maximum atomic E-state index is 13.2. The van der Waals surface area contributed by atoms with Crippen molar-refractivity contribution in [2.75, 3.05) is 21.3 Å². The summed E-state index contributed by atoms with van der Waals surface area (Å²) in [6, 6.07) is 15.9. The Bertz CT molecular complexity index is 1330. The lowest BCUT2D eigenvalue weighted by Crippen LogP contribution is -2.06. The van der Waals surface area contributed by atoms with Crippen molar-refractivity contribution in [3.05, 3.63) is 81.7 Å². The van der Waals surface area contributed by atoms with E-state index in [0.717, 1.165) is 5.56 Å². The predicted molar refractivity (Wildman–Crippen MR) is 123 cm³/mol. The van der Waals surface area contributed by atoms with Gasteiger partial charge >= 0.3 is 0 Å². The molecule has 4 rings (SSSR count). The van der Waals surface area contributed by atoms with Crippen LogP contribution in [0.2, 0.25) is 5.02 Å². The third kappa shape index (κ3) is 4.09. The lowest BCUT2D eigenvalue weighted by molar-refractivity contribution is 0.306. The second-order valence-corrected chi connectivity index (χ2v) is 7.33. The molecule has 0 spiro atoms. The van der Waals surface area contributed by atoms with Crippen LogP contribution in [0.25, 0.3) is 22.1 Å². The first-order valence-electron chi connectivity index (χ1n) is 9.78. The number of halogens is 1. The zero-order chi connectivity index (χ0) is 22.7. The maximum absolute atomic E-state index is 13.2. The molecule has 0 N–H and O–H groups in total. The van der Waals surface area contributed by atoms with Crippen molar-refractivity contribution < 1.29 is 23.4 Å². The third-order valence-corrected chi connectivity index (χ3v) is 5.46. The largest absolute Gasteiger partial charge is 0.496 e. The highest BCUT2D eigenvalue weighted by Gasteiger charge is 2.18. The normalized spacial score (nSPS) is 10.8. The molecule has 1 aromatic heterocycles. The molecule has 0 saturated carbocycles. The average Bonchev–Trinajstić information content (AvgIpc) is 2.83. The van der Waals surface area contributed by atoms with Crippen LogP contribution in [0.3, 0.4) is 0 Å². The van der Waals surface area contributed by atoms with Gasteiger partial charge in [0.25, 0.3) is 0 Å². The van der Waals surface area contributed by atoms with Crippen molar-refractivity contribution in [2.24, 2.45) is 0 Å². The molecule has 0 aliphatic rings. The minimum Gasteiger partial charge on any atom is -0.496 e. The van der Waals surface area contributed by atoms with Crippen molar-refractivity contribution >= 4 is 22.6 Å². The van der Waals surface area contributed by atoms with E-state index in [4.69, 9.17) is 35.0 Å². The summed E-state index contributed by atoms with van der Waals surface area (Å²) in [6.07, 6.45) is 1.41. The van der Waals surface area contributed by atoms with Crippen molar-refractivity contribution in [2.45, 2.75) is 6.61 Å². The first-order valence-corrected chi connectivity index (χ1v) is 10.2. The molecular formula is C25H21ClO6. The van der Waals surface area contributed by atoms with Crippen LogP contribution in [0.15, 0.2) is 70.1 Å². The number of rotatable bonds is 7. The van der Waals surface area contributed by atoms with Gasteiger partial charge in [0.05, 0.1) is 32.3 Å². The Morgan fingerprint density at radius 1 is 0.844 bits per heavy atom. The van der Waals surface area contributed by atoms with Crippen LogP contribution < -0.4 is 24.4 Å². The zero-order valence-electron chi connectivity index (χ0n) is 17.8. The Labute approximate surface area is 189 Å². The summed E-state index contributed by atoms with van der Waals surface area (Å²) in [7, 11) is 4.59. The molecule has 7 heteroatoms. The van der Waals surface area contributed by atoms with Crippen LogP contribution in [-0.4, -0.2) is 21.3 Å². The molecule has 6 nitrogen and oxygen atoms in total. The highest BCUT2D eigenvalue weighted by molar-refractivity contribution is 6.31. The van der Waals surface area contributed by atoms with E-state index in [1.165, 1.54) is 27.6 Å². The molecule has 0 atom stereocenters. The van der Waals surface area contributed by atoms with Crippen LogP contribution in [0.5, 0.6) is 23.0 Å². The summed E-state index contributed by atoms with van der Waals surface area (Å²) < 4.78 is 27.8. The van der Waals surface area contributed by atoms with Gasteiger partial charge in [0.2, 0.25) is 5.43 Å².